The lowest BCUT2D eigenvalue weighted by atomic mass is 10.1. The summed E-state index contributed by atoms with van der Waals surface area (Å²) in [4.78, 5) is 11.8. The van der Waals surface area contributed by atoms with Gasteiger partial charge in [-0.25, -0.2) is 4.79 Å². The Morgan fingerprint density at radius 1 is 1.09 bits per heavy atom. The second-order valence-corrected chi connectivity index (χ2v) is 5.53. The first kappa shape index (κ1) is 15.3. The molecule has 4 nitrogen and oxygen atoms in total. The number of hydrogen-bond acceptors (Lipinski definition) is 4. The van der Waals surface area contributed by atoms with Gasteiger partial charge in [0, 0.05) is 17.0 Å². The molecular formula is C19H18O4. The van der Waals surface area contributed by atoms with Crippen molar-refractivity contribution < 1.29 is 14.3 Å². The molecule has 0 unspecified atom stereocenters. The van der Waals surface area contributed by atoms with Crippen molar-refractivity contribution in [3.05, 3.63) is 75.6 Å². The van der Waals surface area contributed by atoms with Crippen LogP contribution >= 0.6 is 0 Å². The summed E-state index contributed by atoms with van der Waals surface area (Å²) in [5.41, 5.74) is 2.48. The van der Waals surface area contributed by atoms with Gasteiger partial charge in [0.2, 0.25) is 0 Å². The van der Waals surface area contributed by atoms with Gasteiger partial charge in [-0.2, -0.15) is 0 Å². The molecule has 0 radical (unpaired) electrons. The van der Waals surface area contributed by atoms with E-state index in [0.717, 1.165) is 16.5 Å². The summed E-state index contributed by atoms with van der Waals surface area (Å²) in [5.74, 6) is 0.555. The number of aliphatic hydroxyl groups excluding tert-OH is 1. The molecule has 0 aliphatic rings. The highest BCUT2D eigenvalue weighted by Crippen LogP contribution is 2.24. The SMILES string of the molecule is Cc1c(C)c2ccc(OC[C@@H](O)c3ccccc3)cc2oc1=O. The number of hydrogen-bond donors (Lipinski definition) is 1. The van der Waals surface area contributed by atoms with Crippen molar-refractivity contribution in [2.24, 2.45) is 0 Å². The minimum Gasteiger partial charge on any atom is -0.490 e. The predicted octanol–water partition coefficient (Wildman–Crippen LogP) is 3.52. The van der Waals surface area contributed by atoms with Gasteiger partial charge in [0.1, 0.15) is 24.0 Å². The minimum absolute atomic E-state index is 0.130. The molecule has 23 heavy (non-hydrogen) atoms. The number of ether oxygens (including phenoxy) is 1. The van der Waals surface area contributed by atoms with Crippen molar-refractivity contribution in [3.63, 3.8) is 0 Å². The standard InChI is InChI=1S/C19H18O4/c1-12-13(2)19(21)23-18-10-15(8-9-16(12)18)22-11-17(20)14-6-4-3-5-7-14/h3-10,17,20H,11H2,1-2H3/t17-/m1/s1. The number of benzene rings is 2. The van der Waals surface area contributed by atoms with E-state index >= 15 is 0 Å². The molecule has 2 aromatic carbocycles. The summed E-state index contributed by atoms with van der Waals surface area (Å²) in [7, 11) is 0. The monoisotopic (exact) mass is 310 g/mol. The highest BCUT2D eigenvalue weighted by Gasteiger charge is 2.11. The van der Waals surface area contributed by atoms with E-state index in [1.807, 2.05) is 49.4 Å². The third kappa shape index (κ3) is 3.12. The zero-order chi connectivity index (χ0) is 16.4. The first-order valence-electron chi connectivity index (χ1n) is 7.46. The Kier molecular flexibility index (Phi) is 4.17. The lowest BCUT2D eigenvalue weighted by Crippen LogP contribution is -2.10. The Morgan fingerprint density at radius 3 is 2.57 bits per heavy atom. The van der Waals surface area contributed by atoms with Crippen LogP contribution in [0.15, 0.2) is 57.7 Å². The quantitative estimate of drug-likeness (QED) is 0.749. The van der Waals surface area contributed by atoms with E-state index in [9.17, 15) is 9.90 Å². The summed E-state index contributed by atoms with van der Waals surface area (Å²) in [6, 6.07) is 14.7. The van der Waals surface area contributed by atoms with Gasteiger partial charge in [0.25, 0.3) is 0 Å². The molecule has 0 bridgehead atoms. The molecule has 0 spiro atoms. The average molecular weight is 310 g/mol. The number of fused-ring (bicyclic) bond motifs is 1. The van der Waals surface area contributed by atoms with E-state index in [-0.39, 0.29) is 12.2 Å². The van der Waals surface area contributed by atoms with Crippen LogP contribution in [0.5, 0.6) is 5.75 Å². The van der Waals surface area contributed by atoms with E-state index in [0.29, 0.717) is 16.9 Å². The van der Waals surface area contributed by atoms with Crippen molar-refractivity contribution in [2.45, 2.75) is 20.0 Å². The fraction of sp³-hybridized carbons (Fsp3) is 0.211. The summed E-state index contributed by atoms with van der Waals surface area (Å²) in [6.07, 6.45) is -0.710. The number of aliphatic hydroxyl groups is 1. The highest BCUT2D eigenvalue weighted by atomic mass is 16.5. The lowest BCUT2D eigenvalue weighted by molar-refractivity contribution is 0.108. The lowest BCUT2D eigenvalue weighted by Gasteiger charge is -2.13. The first-order chi connectivity index (χ1) is 11.1. The Bertz CT molecular complexity index is 881. The van der Waals surface area contributed by atoms with Crippen LogP contribution in [0.2, 0.25) is 0 Å². The van der Waals surface area contributed by atoms with Crippen LogP contribution in [0.25, 0.3) is 11.0 Å². The normalized spacial score (nSPS) is 12.3. The van der Waals surface area contributed by atoms with E-state index in [4.69, 9.17) is 9.15 Å². The number of aryl methyl sites for hydroxylation is 1. The molecule has 1 atom stereocenters. The van der Waals surface area contributed by atoms with Gasteiger partial charge < -0.3 is 14.3 Å². The Morgan fingerprint density at radius 2 is 1.83 bits per heavy atom. The van der Waals surface area contributed by atoms with E-state index in [1.54, 1.807) is 13.0 Å². The van der Waals surface area contributed by atoms with Crippen LogP contribution in [0.3, 0.4) is 0 Å². The van der Waals surface area contributed by atoms with Gasteiger partial charge in [-0.1, -0.05) is 30.3 Å². The van der Waals surface area contributed by atoms with Crippen LogP contribution in [0, 0.1) is 13.8 Å². The molecule has 0 aliphatic heterocycles. The zero-order valence-corrected chi connectivity index (χ0v) is 13.1. The van der Waals surface area contributed by atoms with Crippen molar-refractivity contribution >= 4 is 11.0 Å². The second kappa shape index (κ2) is 6.26. The van der Waals surface area contributed by atoms with Crippen molar-refractivity contribution in [3.8, 4) is 5.75 Å². The molecule has 1 aromatic heterocycles. The van der Waals surface area contributed by atoms with E-state index in [2.05, 4.69) is 0 Å². The first-order valence-corrected chi connectivity index (χ1v) is 7.46. The molecule has 4 heteroatoms. The maximum atomic E-state index is 11.8. The average Bonchev–Trinajstić information content (AvgIpc) is 2.58. The summed E-state index contributed by atoms with van der Waals surface area (Å²) >= 11 is 0. The maximum Gasteiger partial charge on any atom is 0.339 e. The molecule has 118 valence electrons. The molecule has 1 N–H and O–H groups in total. The molecule has 3 aromatic rings. The van der Waals surface area contributed by atoms with Gasteiger partial charge in [-0.3, -0.25) is 0 Å². The maximum absolute atomic E-state index is 11.8. The third-order valence-electron chi connectivity index (χ3n) is 4.02. The molecule has 0 aliphatic carbocycles. The summed E-state index contributed by atoms with van der Waals surface area (Å²) in [5, 5.41) is 11.0. The van der Waals surface area contributed by atoms with Crippen molar-refractivity contribution in [1.82, 2.24) is 0 Å². The zero-order valence-electron chi connectivity index (χ0n) is 13.1. The second-order valence-electron chi connectivity index (χ2n) is 5.53. The topological polar surface area (TPSA) is 59.7 Å². The van der Waals surface area contributed by atoms with Crippen LogP contribution in [0.1, 0.15) is 22.8 Å². The summed E-state index contributed by atoms with van der Waals surface area (Å²) in [6.45, 7) is 3.78. The Balaban J connectivity index is 1.81. The van der Waals surface area contributed by atoms with E-state index in [1.165, 1.54) is 0 Å². The molecule has 0 fully saturated rings. The van der Waals surface area contributed by atoms with Crippen LogP contribution in [0.4, 0.5) is 0 Å². The van der Waals surface area contributed by atoms with Crippen LogP contribution in [-0.4, -0.2) is 11.7 Å². The molecule has 1 heterocycles. The smallest absolute Gasteiger partial charge is 0.339 e. The molecule has 0 saturated heterocycles. The number of rotatable bonds is 4. The molecule has 0 saturated carbocycles. The van der Waals surface area contributed by atoms with Crippen molar-refractivity contribution in [1.29, 1.82) is 0 Å². The van der Waals surface area contributed by atoms with E-state index < -0.39 is 6.10 Å². The predicted molar refractivity (Wildman–Crippen MR) is 88.9 cm³/mol. The molecule has 0 amide bonds. The largest absolute Gasteiger partial charge is 0.490 e. The Hall–Kier alpha value is -2.59. The molecular weight excluding hydrogens is 292 g/mol. The highest BCUT2D eigenvalue weighted by molar-refractivity contribution is 5.82. The van der Waals surface area contributed by atoms with Gasteiger partial charge >= 0.3 is 5.63 Å². The van der Waals surface area contributed by atoms with Gasteiger partial charge in [0.05, 0.1) is 0 Å². The van der Waals surface area contributed by atoms with Crippen LogP contribution in [-0.2, 0) is 0 Å². The van der Waals surface area contributed by atoms with Crippen LogP contribution < -0.4 is 10.4 Å². The fourth-order valence-electron chi connectivity index (χ4n) is 2.46. The van der Waals surface area contributed by atoms with Crippen molar-refractivity contribution in [2.75, 3.05) is 6.61 Å². The fourth-order valence-corrected chi connectivity index (χ4v) is 2.46. The Labute approximate surface area is 134 Å². The molecule has 3 rings (SSSR count). The summed E-state index contributed by atoms with van der Waals surface area (Å²) < 4.78 is 10.9. The van der Waals surface area contributed by atoms with Gasteiger partial charge in [-0.15, -0.1) is 0 Å². The minimum atomic E-state index is -0.710. The van der Waals surface area contributed by atoms with Gasteiger partial charge in [0.15, 0.2) is 0 Å². The van der Waals surface area contributed by atoms with Gasteiger partial charge in [-0.05, 0) is 37.1 Å². The third-order valence-corrected chi connectivity index (χ3v) is 4.02.